The number of amides is 1. The van der Waals surface area contributed by atoms with Gasteiger partial charge in [0, 0.05) is 11.3 Å². The average Bonchev–Trinajstić information content (AvgIpc) is 3.69. The molecule has 7 rings (SSSR count). The monoisotopic (exact) mass is 675 g/mol. The molecule has 5 aromatic carbocycles. The number of benzene rings is 5. The lowest BCUT2D eigenvalue weighted by molar-refractivity contribution is -0.132. The van der Waals surface area contributed by atoms with Crippen molar-refractivity contribution in [1.82, 2.24) is 10.2 Å². The number of ether oxygens (including phenoxy) is 2. The van der Waals surface area contributed by atoms with Crippen LogP contribution in [0.5, 0.6) is 17.2 Å². The number of carbonyl (C=O) groups is 2. The van der Waals surface area contributed by atoms with Crippen molar-refractivity contribution in [2.75, 3.05) is 12.0 Å². The summed E-state index contributed by atoms with van der Waals surface area (Å²) in [5.41, 5.74) is 1.38. The summed E-state index contributed by atoms with van der Waals surface area (Å²) in [5.74, 6) is -1.49. The van der Waals surface area contributed by atoms with Crippen molar-refractivity contribution in [3.8, 4) is 17.2 Å². The Balaban J connectivity index is 1.27. The maximum absolute atomic E-state index is 14.7. The lowest BCUT2D eigenvalue weighted by Gasteiger charge is -2.23. The van der Waals surface area contributed by atoms with Crippen LogP contribution in [0.1, 0.15) is 22.7 Å². The van der Waals surface area contributed by atoms with Crippen molar-refractivity contribution >= 4 is 56.5 Å². The third kappa shape index (κ3) is 6.01. The number of ketones is 1. The number of methoxy groups -OCH3 is 1. The van der Waals surface area contributed by atoms with E-state index in [2.05, 4.69) is 34.5 Å². The highest BCUT2D eigenvalue weighted by molar-refractivity contribution is 8.00. The Labute approximate surface area is 283 Å². The van der Waals surface area contributed by atoms with E-state index in [1.165, 1.54) is 35.9 Å². The predicted octanol–water partition coefficient (Wildman–Crippen LogP) is 8.55. The maximum atomic E-state index is 14.7. The second-order valence-corrected chi connectivity index (χ2v) is 13.0. The number of hydrogen-bond acceptors (Lipinski definition) is 9. The number of para-hydroxylation sites is 1. The number of fused-ring (bicyclic) bond motifs is 1. The maximum Gasteiger partial charge on any atom is 0.301 e. The molecule has 8 nitrogen and oxygen atoms in total. The molecule has 11 heteroatoms. The van der Waals surface area contributed by atoms with Crippen molar-refractivity contribution in [2.45, 2.75) is 16.1 Å². The minimum atomic E-state index is -1.11. The Hall–Kier alpha value is -5.52. The molecule has 1 atom stereocenters. The molecule has 2 heterocycles. The fourth-order valence-electron chi connectivity index (χ4n) is 5.60. The predicted molar refractivity (Wildman–Crippen MR) is 184 cm³/mol. The van der Waals surface area contributed by atoms with Gasteiger partial charge in [0.1, 0.15) is 17.3 Å². The van der Waals surface area contributed by atoms with Gasteiger partial charge in [-0.25, -0.2) is 4.39 Å². The SMILES string of the molecule is COc1ccc(C(O)=C2C(=O)C(=O)N(c3nnc(SCc4cccc5ccccc45)s3)[C@@H]2c2cccc(Oc3ccccc3)c2)cc1F. The van der Waals surface area contributed by atoms with Crippen LogP contribution in [-0.4, -0.2) is 34.1 Å². The van der Waals surface area contributed by atoms with Gasteiger partial charge >= 0.3 is 5.91 Å². The number of aromatic nitrogens is 2. The molecule has 0 bridgehead atoms. The van der Waals surface area contributed by atoms with Gasteiger partial charge in [0.2, 0.25) is 5.13 Å². The van der Waals surface area contributed by atoms with E-state index in [1.807, 2.05) is 36.4 Å². The number of rotatable bonds is 9. The largest absolute Gasteiger partial charge is 0.507 e. The standard InChI is InChI=1S/C37H26FN3O5S2/c1-45-30-18-17-24(20-29(30)38)33(42)31-32(23-11-8-15-27(19-23)46-26-13-3-2-4-14-26)41(35(44)34(31)43)36-39-40-37(48-36)47-21-25-12-7-10-22-9-5-6-16-28(22)25/h2-20,32,42H,21H2,1H3/t32-/m1/s1. The molecule has 6 aromatic rings. The summed E-state index contributed by atoms with van der Waals surface area (Å²) in [6.07, 6.45) is 0. The second kappa shape index (κ2) is 13.3. The highest BCUT2D eigenvalue weighted by atomic mass is 32.2. The summed E-state index contributed by atoms with van der Waals surface area (Å²) < 4.78 is 26.4. The number of thioether (sulfide) groups is 1. The number of aliphatic hydroxyl groups excluding tert-OH is 1. The van der Waals surface area contributed by atoms with Crippen molar-refractivity contribution < 1.29 is 28.6 Å². The zero-order valence-electron chi connectivity index (χ0n) is 25.4. The summed E-state index contributed by atoms with van der Waals surface area (Å²) in [4.78, 5) is 28.7. The number of aliphatic hydroxyl groups is 1. The molecule has 1 aromatic heterocycles. The van der Waals surface area contributed by atoms with Crippen LogP contribution in [0.4, 0.5) is 9.52 Å². The third-order valence-corrected chi connectivity index (χ3v) is 9.96. The van der Waals surface area contributed by atoms with Crippen LogP contribution in [-0.2, 0) is 15.3 Å². The topological polar surface area (TPSA) is 102 Å². The smallest absolute Gasteiger partial charge is 0.301 e. The summed E-state index contributed by atoms with van der Waals surface area (Å²) >= 11 is 2.63. The van der Waals surface area contributed by atoms with Crippen molar-refractivity contribution in [3.05, 3.63) is 143 Å². The molecule has 1 N–H and O–H groups in total. The molecule has 1 fully saturated rings. The molecule has 1 saturated heterocycles. The normalized spacial score (nSPS) is 15.6. The molecule has 0 unspecified atom stereocenters. The fraction of sp³-hybridized carbons (Fsp3) is 0.0811. The lowest BCUT2D eigenvalue weighted by atomic mass is 9.95. The highest BCUT2D eigenvalue weighted by Gasteiger charge is 2.48. The number of carbonyl (C=O) groups excluding carboxylic acids is 2. The summed E-state index contributed by atoms with van der Waals surface area (Å²) in [6.45, 7) is 0. The quantitative estimate of drug-likeness (QED) is 0.0535. The van der Waals surface area contributed by atoms with E-state index in [-0.39, 0.29) is 22.0 Å². The molecule has 1 aliphatic rings. The second-order valence-electron chi connectivity index (χ2n) is 10.8. The van der Waals surface area contributed by atoms with Crippen molar-refractivity contribution in [2.24, 2.45) is 0 Å². The molecule has 48 heavy (non-hydrogen) atoms. The Morgan fingerprint density at radius 2 is 1.65 bits per heavy atom. The van der Waals surface area contributed by atoms with E-state index >= 15 is 0 Å². The first-order chi connectivity index (χ1) is 23.4. The highest BCUT2D eigenvalue weighted by Crippen LogP contribution is 2.45. The molecule has 0 spiro atoms. The molecular formula is C37H26FN3O5S2. The first-order valence-electron chi connectivity index (χ1n) is 14.8. The van der Waals surface area contributed by atoms with Gasteiger partial charge in [0.15, 0.2) is 15.9 Å². The van der Waals surface area contributed by atoms with Crippen LogP contribution in [0, 0.1) is 5.82 Å². The Morgan fingerprint density at radius 1 is 0.896 bits per heavy atom. The number of anilines is 1. The Kier molecular flexibility index (Phi) is 8.62. The zero-order chi connectivity index (χ0) is 33.2. The van der Waals surface area contributed by atoms with E-state index in [0.29, 0.717) is 27.2 Å². The van der Waals surface area contributed by atoms with Gasteiger partial charge in [-0.15, -0.1) is 10.2 Å². The van der Waals surface area contributed by atoms with Crippen molar-refractivity contribution in [1.29, 1.82) is 0 Å². The van der Waals surface area contributed by atoms with Crippen LogP contribution in [0.3, 0.4) is 0 Å². The van der Waals surface area contributed by atoms with E-state index in [4.69, 9.17) is 9.47 Å². The van der Waals surface area contributed by atoms with E-state index in [1.54, 1.807) is 36.4 Å². The Morgan fingerprint density at radius 3 is 2.46 bits per heavy atom. The van der Waals surface area contributed by atoms with Gasteiger partial charge in [-0.2, -0.15) is 0 Å². The van der Waals surface area contributed by atoms with E-state index in [9.17, 15) is 19.1 Å². The molecule has 0 saturated carbocycles. The number of Topliss-reactive ketones (excluding diaryl/α,β-unsaturated/α-hetero) is 1. The summed E-state index contributed by atoms with van der Waals surface area (Å²) in [7, 11) is 1.32. The van der Waals surface area contributed by atoms with Gasteiger partial charge in [0.25, 0.3) is 5.78 Å². The zero-order valence-corrected chi connectivity index (χ0v) is 27.0. The summed E-state index contributed by atoms with van der Waals surface area (Å²) in [5, 5.41) is 22.6. The number of nitrogens with zero attached hydrogens (tertiary/aromatic N) is 3. The Bertz CT molecular complexity index is 2200. The fourth-order valence-corrected chi connectivity index (χ4v) is 7.47. The average molecular weight is 676 g/mol. The van der Waals surface area contributed by atoms with Crippen LogP contribution >= 0.6 is 23.1 Å². The lowest BCUT2D eigenvalue weighted by Crippen LogP contribution is -2.29. The van der Waals surface area contributed by atoms with Crippen LogP contribution in [0.15, 0.2) is 125 Å². The molecule has 1 aliphatic heterocycles. The van der Waals surface area contributed by atoms with E-state index < -0.39 is 29.3 Å². The van der Waals surface area contributed by atoms with Crippen LogP contribution in [0.2, 0.25) is 0 Å². The third-order valence-electron chi connectivity index (χ3n) is 7.86. The van der Waals surface area contributed by atoms with Crippen LogP contribution in [0.25, 0.3) is 16.5 Å². The van der Waals surface area contributed by atoms with Gasteiger partial charge in [0.05, 0.1) is 18.7 Å². The first-order valence-corrected chi connectivity index (χ1v) is 16.6. The van der Waals surface area contributed by atoms with Crippen molar-refractivity contribution in [3.63, 3.8) is 0 Å². The van der Waals surface area contributed by atoms with Gasteiger partial charge in [-0.1, -0.05) is 95.9 Å². The van der Waals surface area contributed by atoms with E-state index in [0.717, 1.165) is 33.7 Å². The van der Waals surface area contributed by atoms with Gasteiger partial charge in [-0.3, -0.25) is 14.5 Å². The molecular weight excluding hydrogens is 650 g/mol. The molecule has 1 amide bonds. The van der Waals surface area contributed by atoms with Crippen LogP contribution < -0.4 is 14.4 Å². The van der Waals surface area contributed by atoms with Gasteiger partial charge < -0.3 is 14.6 Å². The molecule has 238 valence electrons. The minimum Gasteiger partial charge on any atom is -0.507 e. The number of hydrogen-bond donors (Lipinski definition) is 1. The molecule has 0 aliphatic carbocycles. The summed E-state index contributed by atoms with van der Waals surface area (Å²) in [6, 6.07) is 33.0. The number of halogens is 1. The first kappa shape index (κ1) is 31.1. The van der Waals surface area contributed by atoms with Gasteiger partial charge in [-0.05, 0) is 64.4 Å². The molecule has 0 radical (unpaired) electrons. The minimum absolute atomic E-state index is 0.0107.